The van der Waals surface area contributed by atoms with Gasteiger partial charge in [-0.25, -0.2) is 0 Å². The molecule has 0 saturated carbocycles. The number of para-hydroxylation sites is 2. The maximum absolute atomic E-state index is 3.77. The molecule has 0 atom stereocenters. The lowest BCUT2D eigenvalue weighted by atomic mass is 9.80. The summed E-state index contributed by atoms with van der Waals surface area (Å²) in [6.45, 7) is 9.60. The van der Waals surface area contributed by atoms with Crippen LogP contribution in [0.2, 0.25) is 0 Å². The van der Waals surface area contributed by atoms with Crippen LogP contribution < -0.4 is 0 Å². The second kappa shape index (κ2) is 19.0. The van der Waals surface area contributed by atoms with Crippen molar-refractivity contribution in [3.05, 3.63) is 277 Å². The first-order valence-corrected chi connectivity index (χ1v) is 31.1. The van der Waals surface area contributed by atoms with E-state index < -0.39 is 0 Å². The molecule has 18 rings (SSSR count). The second-order valence-corrected chi connectivity index (χ2v) is 26.6. The lowest BCUT2D eigenvalue weighted by molar-refractivity contribution is 0.664. The minimum atomic E-state index is -0.177. The molecule has 16 aromatic rings. The van der Waals surface area contributed by atoms with Crippen LogP contribution in [0.5, 0.6) is 0 Å². The van der Waals surface area contributed by atoms with Gasteiger partial charge in [0.25, 0.3) is 0 Å². The van der Waals surface area contributed by atoms with E-state index in [0.717, 1.165) is 8.95 Å². The molecule has 0 spiro atoms. The Labute approximate surface area is 511 Å². The van der Waals surface area contributed by atoms with Gasteiger partial charge in [-0.05, 0) is 205 Å². The summed E-state index contributed by atoms with van der Waals surface area (Å²) in [6.07, 6.45) is 0. The third-order valence-electron chi connectivity index (χ3n) is 18.3. The molecule has 396 valence electrons. The van der Waals surface area contributed by atoms with E-state index in [2.05, 4.69) is 322 Å². The Morgan fingerprint density at radius 2 is 0.759 bits per heavy atom. The molecule has 2 aliphatic carbocycles. The summed E-state index contributed by atoms with van der Waals surface area (Å²) in [5.41, 5.74) is 17.0. The molecule has 0 amide bonds. The summed E-state index contributed by atoms with van der Waals surface area (Å²) in [6, 6.07) is 89.1. The highest BCUT2D eigenvalue weighted by Gasteiger charge is 2.40. The van der Waals surface area contributed by atoms with E-state index in [4.69, 9.17) is 0 Å². The smallest absolute Gasteiger partial charge is 0.0588 e. The zero-order valence-corrected chi connectivity index (χ0v) is 51.5. The number of rotatable bonds is 1. The van der Waals surface area contributed by atoms with Gasteiger partial charge in [0.1, 0.15) is 0 Å². The standard InChI is InChI=1S/C39H26BrN.C33H23N.C6H4BrI/c1-39(2)35-22-33-28-15-6-4-13-26(28)25-12-3-5-14-27(25)32(33)21-34(35)30-18-19-31-29-16-7-8-17-36(29)41(38(31)37(30)39)24-11-9-10-23(40)20-24;1-33(2)29-18-27-22-12-6-4-10-20(22)19-9-3-5-11-21(19)26(27)17-28(29)24-15-16-25-23-13-7-8-14-30(23)34-32(25)31(24)33;7-5-2-1-3-6(8)4-5/h3-22H,1-2H3;3-18,34H,1-2H3;1-4H. The fourth-order valence-electron chi connectivity index (χ4n) is 14.7. The van der Waals surface area contributed by atoms with Crippen molar-refractivity contribution in [2.24, 2.45) is 0 Å². The number of benzene rings is 14. The van der Waals surface area contributed by atoms with Crippen molar-refractivity contribution in [3.63, 3.8) is 0 Å². The van der Waals surface area contributed by atoms with E-state index >= 15 is 0 Å². The van der Waals surface area contributed by atoms with Gasteiger partial charge in [-0.15, -0.1) is 0 Å². The van der Waals surface area contributed by atoms with Gasteiger partial charge in [0.05, 0.1) is 16.6 Å². The monoisotopic (exact) mass is 1300 g/mol. The topological polar surface area (TPSA) is 20.7 Å². The summed E-state index contributed by atoms with van der Waals surface area (Å²) in [4.78, 5) is 3.77. The van der Waals surface area contributed by atoms with E-state index in [0.29, 0.717) is 0 Å². The number of hydrogen-bond acceptors (Lipinski definition) is 0. The quantitative estimate of drug-likeness (QED) is 0.125. The Bertz CT molecular complexity index is 5430. The molecule has 2 nitrogen and oxygen atoms in total. The second-order valence-electron chi connectivity index (χ2n) is 23.6. The van der Waals surface area contributed by atoms with E-state index in [-0.39, 0.29) is 10.8 Å². The third-order valence-corrected chi connectivity index (χ3v) is 20.0. The van der Waals surface area contributed by atoms with E-state index in [1.165, 1.54) is 162 Å². The lowest BCUT2D eigenvalue weighted by Crippen LogP contribution is -2.16. The van der Waals surface area contributed by atoms with Crippen LogP contribution in [0.15, 0.2) is 252 Å². The summed E-state index contributed by atoms with van der Waals surface area (Å²) >= 11 is 9.37. The Balaban J connectivity index is 0.000000122. The van der Waals surface area contributed by atoms with Gasteiger partial charge in [0.15, 0.2) is 0 Å². The highest BCUT2D eigenvalue weighted by atomic mass is 127. The number of aromatic nitrogens is 2. The highest BCUT2D eigenvalue weighted by Crippen LogP contribution is 2.56. The van der Waals surface area contributed by atoms with Crippen molar-refractivity contribution >= 4 is 163 Å². The van der Waals surface area contributed by atoms with Gasteiger partial charge in [0.2, 0.25) is 0 Å². The number of nitrogens with one attached hydrogen (secondary N) is 1. The number of halogens is 3. The molecule has 1 N–H and O–H groups in total. The molecular formula is C78H53Br2IN2. The van der Waals surface area contributed by atoms with E-state index in [1.807, 2.05) is 12.1 Å². The molecule has 0 aliphatic heterocycles. The average Bonchev–Trinajstić information content (AvgIpc) is 1.97. The van der Waals surface area contributed by atoms with Gasteiger partial charge in [-0.3, -0.25) is 0 Å². The molecule has 0 fully saturated rings. The van der Waals surface area contributed by atoms with Crippen LogP contribution in [0, 0.1) is 3.57 Å². The number of nitrogens with zero attached hydrogens (tertiary/aromatic N) is 1. The van der Waals surface area contributed by atoms with Crippen molar-refractivity contribution in [2.45, 2.75) is 38.5 Å². The predicted octanol–water partition coefficient (Wildman–Crippen LogP) is 23.5. The lowest BCUT2D eigenvalue weighted by Gasteiger charge is -2.24. The van der Waals surface area contributed by atoms with Crippen molar-refractivity contribution < 1.29 is 0 Å². The van der Waals surface area contributed by atoms with Crippen molar-refractivity contribution in [2.75, 3.05) is 0 Å². The largest absolute Gasteiger partial charge is 0.354 e. The maximum atomic E-state index is 3.77. The minimum absolute atomic E-state index is 0.0913. The summed E-state index contributed by atoms with van der Waals surface area (Å²) in [5, 5.41) is 21.2. The van der Waals surface area contributed by atoms with Crippen LogP contribution in [-0.4, -0.2) is 9.55 Å². The van der Waals surface area contributed by atoms with Crippen molar-refractivity contribution in [1.82, 2.24) is 9.55 Å². The van der Waals surface area contributed by atoms with Crippen molar-refractivity contribution in [3.8, 4) is 27.9 Å². The van der Waals surface area contributed by atoms with Crippen LogP contribution in [0.1, 0.15) is 49.9 Å². The van der Waals surface area contributed by atoms with Crippen LogP contribution in [-0.2, 0) is 10.8 Å². The van der Waals surface area contributed by atoms with Gasteiger partial charge in [-0.2, -0.15) is 0 Å². The van der Waals surface area contributed by atoms with Crippen LogP contribution in [0.4, 0.5) is 0 Å². The fraction of sp³-hybridized carbons (Fsp3) is 0.0769. The molecule has 2 aliphatic rings. The first kappa shape index (κ1) is 50.6. The first-order valence-electron chi connectivity index (χ1n) is 28.5. The molecule has 0 saturated heterocycles. The Morgan fingerprint density at radius 3 is 1.27 bits per heavy atom. The molecular weight excluding hydrogens is 1250 g/mol. The number of H-pyrrole nitrogens is 1. The number of aromatic amines is 1. The molecule has 2 heterocycles. The number of fused-ring (bicyclic) bond motifs is 26. The van der Waals surface area contributed by atoms with Gasteiger partial charge in [-0.1, -0.05) is 229 Å². The summed E-state index contributed by atoms with van der Waals surface area (Å²) in [7, 11) is 0. The normalized spacial score (nSPS) is 13.7. The molecule has 0 radical (unpaired) electrons. The Morgan fingerprint density at radius 1 is 0.337 bits per heavy atom. The molecule has 0 unspecified atom stereocenters. The van der Waals surface area contributed by atoms with Gasteiger partial charge in [0, 0.05) is 56.1 Å². The predicted molar refractivity (Wildman–Crippen MR) is 371 cm³/mol. The van der Waals surface area contributed by atoms with Crippen LogP contribution in [0.3, 0.4) is 0 Å². The zero-order chi connectivity index (χ0) is 56.0. The third kappa shape index (κ3) is 7.63. The molecule has 83 heavy (non-hydrogen) atoms. The van der Waals surface area contributed by atoms with E-state index in [9.17, 15) is 0 Å². The zero-order valence-electron chi connectivity index (χ0n) is 46.2. The minimum Gasteiger partial charge on any atom is -0.354 e. The summed E-state index contributed by atoms with van der Waals surface area (Å²) in [5.74, 6) is 0. The number of hydrogen-bond donors (Lipinski definition) is 1. The van der Waals surface area contributed by atoms with Crippen LogP contribution >= 0.6 is 54.5 Å². The molecule has 2 aromatic heterocycles. The van der Waals surface area contributed by atoms with Crippen LogP contribution in [0.25, 0.3) is 136 Å². The van der Waals surface area contributed by atoms with Gasteiger partial charge < -0.3 is 9.55 Å². The molecule has 0 bridgehead atoms. The average molecular weight is 1310 g/mol. The molecule has 5 heteroatoms. The molecule has 14 aromatic carbocycles. The van der Waals surface area contributed by atoms with Gasteiger partial charge >= 0.3 is 0 Å². The first-order chi connectivity index (χ1) is 40.4. The van der Waals surface area contributed by atoms with E-state index in [1.54, 1.807) is 0 Å². The Hall–Kier alpha value is -8.07. The fourth-order valence-corrected chi connectivity index (χ4v) is 16.5. The summed E-state index contributed by atoms with van der Waals surface area (Å²) < 4.78 is 5.97. The highest BCUT2D eigenvalue weighted by molar-refractivity contribution is 14.1. The SMILES string of the molecule is Brc1cccc(I)c1.CC1(C)c2cc3c4ccccc4c4ccccc4c3cc2-c2ccc3c([nH]c4ccccc43)c21.CC1(C)c2cc3c4ccccc4c4ccccc4c3cc2-c2ccc3c4ccccc4n(-c4cccc(Br)c4)c3c21. The Kier molecular flexibility index (Phi) is 11.6. The van der Waals surface area contributed by atoms with Crippen molar-refractivity contribution in [1.29, 1.82) is 0 Å². The maximum Gasteiger partial charge on any atom is 0.0588 e.